The van der Waals surface area contributed by atoms with E-state index >= 15 is 0 Å². The summed E-state index contributed by atoms with van der Waals surface area (Å²) >= 11 is 0. The highest BCUT2D eigenvalue weighted by Gasteiger charge is 2.34. The topological polar surface area (TPSA) is 98.4 Å². The zero-order valence-corrected chi connectivity index (χ0v) is 16.7. The summed E-state index contributed by atoms with van der Waals surface area (Å²) in [5, 5.41) is 11.3. The molecule has 31 heavy (non-hydrogen) atoms. The van der Waals surface area contributed by atoms with E-state index < -0.39 is 23.7 Å². The number of β-amino-alcohol motifs (C(OH)–C–C–N with tert-alkyl or cyclic N) is 1. The molecule has 5 rings (SSSR count). The van der Waals surface area contributed by atoms with Crippen molar-refractivity contribution < 1.29 is 28.5 Å². The molecule has 160 valence electrons. The Morgan fingerprint density at radius 2 is 1.94 bits per heavy atom. The molecule has 8 heteroatoms. The van der Waals surface area contributed by atoms with Crippen molar-refractivity contribution in [3.63, 3.8) is 0 Å². The van der Waals surface area contributed by atoms with Crippen LogP contribution in [0.2, 0.25) is 0 Å². The number of aliphatic hydroxyl groups is 1. The van der Waals surface area contributed by atoms with Crippen molar-refractivity contribution in [2.45, 2.75) is 18.6 Å². The zero-order valence-electron chi connectivity index (χ0n) is 16.7. The molecule has 0 radical (unpaired) electrons. The van der Waals surface area contributed by atoms with Gasteiger partial charge in [-0.3, -0.25) is 4.79 Å². The SMILES string of the molecule is O=C(c1cc2ccccc2oc1=O)N1CC[C@@H](Oc2cccc3c2OCCO3)[C@H](O)C1. The number of ether oxygens (including phenoxy) is 3. The summed E-state index contributed by atoms with van der Waals surface area (Å²) in [5.41, 5.74) is -0.314. The van der Waals surface area contributed by atoms with Crippen molar-refractivity contribution in [1.82, 2.24) is 4.90 Å². The van der Waals surface area contributed by atoms with Gasteiger partial charge in [-0.1, -0.05) is 24.3 Å². The predicted molar refractivity (Wildman–Crippen MR) is 111 cm³/mol. The maximum atomic E-state index is 12.9. The highest BCUT2D eigenvalue weighted by atomic mass is 16.6. The molecule has 1 amide bonds. The van der Waals surface area contributed by atoms with Crippen LogP contribution in [0.3, 0.4) is 0 Å². The number of hydrogen-bond donors (Lipinski definition) is 1. The average Bonchev–Trinajstić information content (AvgIpc) is 2.79. The Morgan fingerprint density at radius 3 is 2.81 bits per heavy atom. The van der Waals surface area contributed by atoms with Crippen LogP contribution in [0.15, 0.2) is 57.7 Å². The van der Waals surface area contributed by atoms with Gasteiger partial charge in [-0.2, -0.15) is 0 Å². The van der Waals surface area contributed by atoms with Crippen LogP contribution in [0, 0.1) is 0 Å². The summed E-state index contributed by atoms with van der Waals surface area (Å²) in [6.45, 7) is 1.28. The summed E-state index contributed by atoms with van der Waals surface area (Å²) in [4.78, 5) is 26.7. The fourth-order valence-corrected chi connectivity index (χ4v) is 3.92. The van der Waals surface area contributed by atoms with Crippen molar-refractivity contribution in [2.24, 2.45) is 0 Å². The lowest BCUT2D eigenvalue weighted by Gasteiger charge is -2.36. The smallest absolute Gasteiger partial charge is 0.349 e. The van der Waals surface area contributed by atoms with E-state index in [2.05, 4.69) is 0 Å². The quantitative estimate of drug-likeness (QED) is 0.645. The third kappa shape index (κ3) is 3.70. The van der Waals surface area contributed by atoms with E-state index in [-0.39, 0.29) is 12.1 Å². The van der Waals surface area contributed by atoms with Crippen LogP contribution in [0.25, 0.3) is 11.0 Å². The molecule has 0 bridgehead atoms. The molecule has 3 aromatic rings. The second-order valence-corrected chi connectivity index (χ2v) is 7.53. The van der Waals surface area contributed by atoms with Gasteiger partial charge in [-0.25, -0.2) is 4.79 Å². The van der Waals surface area contributed by atoms with Gasteiger partial charge in [0.25, 0.3) is 5.91 Å². The number of carbonyl (C=O) groups excluding carboxylic acids is 1. The standard InChI is InChI=1S/C23H21NO7/c25-16-13-24(22(26)15-12-14-4-1-2-5-17(14)31-23(15)27)9-8-18(16)30-20-7-3-6-19-21(20)29-11-10-28-19/h1-7,12,16,18,25H,8-11,13H2/t16-,18-/m1/s1. The molecule has 3 heterocycles. The van der Waals surface area contributed by atoms with E-state index in [0.717, 1.165) is 0 Å². The van der Waals surface area contributed by atoms with Crippen LogP contribution in [-0.4, -0.2) is 54.4 Å². The van der Waals surface area contributed by atoms with E-state index in [4.69, 9.17) is 18.6 Å². The highest BCUT2D eigenvalue weighted by molar-refractivity contribution is 5.96. The number of carbonyl (C=O) groups is 1. The van der Waals surface area contributed by atoms with Crippen LogP contribution >= 0.6 is 0 Å². The minimum atomic E-state index is -0.925. The van der Waals surface area contributed by atoms with Crippen molar-refractivity contribution in [1.29, 1.82) is 0 Å². The van der Waals surface area contributed by atoms with E-state index in [1.54, 1.807) is 42.5 Å². The largest absolute Gasteiger partial charge is 0.486 e. The molecule has 1 fully saturated rings. The number of likely N-dealkylation sites (tertiary alicyclic amines) is 1. The van der Waals surface area contributed by atoms with Crippen LogP contribution in [0.1, 0.15) is 16.8 Å². The summed E-state index contributed by atoms with van der Waals surface area (Å²) < 4.78 is 22.5. The molecule has 1 saturated heterocycles. The molecule has 2 aliphatic heterocycles. The molecule has 2 aromatic carbocycles. The van der Waals surface area contributed by atoms with Gasteiger partial charge in [-0.15, -0.1) is 0 Å². The lowest BCUT2D eigenvalue weighted by atomic mass is 10.0. The number of rotatable bonds is 3. The van der Waals surface area contributed by atoms with E-state index in [1.165, 1.54) is 11.0 Å². The second-order valence-electron chi connectivity index (χ2n) is 7.53. The molecular weight excluding hydrogens is 402 g/mol. The maximum Gasteiger partial charge on any atom is 0.349 e. The molecule has 0 aliphatic carbocycles. The summed E-state index contributed by atoms with van der Waals surface area (Å²) in [6.07, 6.45) is -1.05. The average molecular weight is 423 g/mol. The number of amides is 1. The van der Waals surface area contributed by atoms with Gasteiger partial charge in [0, 0.05) is 18.4 Å². The zero-order chi connectivity index (χ0) is 21.4. The molecule has 8 nitrogen and oxygen atoms in total. The fourth-order valence-electron chi connectivity index (χ4n) is 3.92. The molecule has 0 saturated carbocycles. The molecule has 1 aromatic heterocycles. The first-order chi connectivity index (χ1) is 15.1. The highest BCUT2D eigenvalue weighted by Crippen LogP contribution is 2.40. The van der Waals surface area contributed by atoms with Gasteiger partial charge in [0.2, 0.25) is 5.75 Å². The number of aliphatic hydroxyl groups excluding tert-OH is 1. The van der Waals surface area contributed by atoms with E-state index in [9.17, 15) is 14.7 Å². The first kappa shape index (κ1) is 19.4. The molecule has 2 atom stereocenters. The molecule has 0 unspecified atom stereocenters. The van der Waals surface area contributed by atoms with Crippen LogP contribution in [0.5, 0.6) is 17.2 Å². The van der Waals surface area contributed by atoms with Crippen molar-refractivity contribution in [2.75, 3.05) is 26.3 Å². The van der Waals surface area contributed by atoms with Gasteiger partial charge in [0.05, 0.1) is 6.54 Å². The lowest BCUT2D eigenvalue weighted by Crippen LogP contribution is -2.51. The number of para-hydroxylation sites is 2. The number of benzene rings is 2. The van der Waals surface area contributed by atoms with Crippen LogP contribution in [0.4, 0.5) is 0 Å². The molecular formula is C23H21NO7. The summed E-state index contributed by atoms with van der Waals surface area (Å²) in [5.74, 6) is 1.16. The number of nitrogens with zero attached hydrogens (tertiary/aromatic N) is 1. The van der Waals surface area contributed by atoms with E-state index in [0.29, 0.717) is 54.4 Å². The first-order valence-corrected chi connectivity index (χ1v) is 10.2. The molecule has 1 N–H and O–H groups in total. The number of hydrogen-bond acceptors (Lipinski definition) is 7. The normalized spacial score (nSPS) is 20.5. The Labute approximate surface area is 177 Å². The van der Waals surface area contributed by atoms with Crippen molar-refractivity contribution in [3.8, 4) is 17.2 Å². The lowest BCUT2D eigenvalue weighted by molar-refractivity contribution is -0.0215. The minimum absolute atomic E-state index is 0.0438. The Bertz CT molecular complexity index is 1190. The van der Waals surface area contributed by atoms with Gasteiger partial charge >= 0.3 is 5.63 Å². The Balaban J connectivity index is 1.31. The predicted octanol–water partition coefficient (Wildman–Crippen LogP) is 2.22. The van der Waals surface area contributed by atoms with Crippen molar-refractivity contribution >= 4 is 16.9 Å². The second kappa shape index (κ2) is 7.96. The Hall–Kier alpha value is -3.52. The molecule has 2 aliphatic rings. The monoisotopic (exact) mass is 423 g/mol. The van der Waals surface area contributed by atoms with E-state index in [1.807, 2.05) is 0 Å². The van der Waals surface area contributed by atoms with Gasteiger partial charge in [0.15, 0.2) is 11.5 Å². The van der Waals surface area contributed by atoms with Crippen LogP contribution < -0.4 is 19.8 Å². The Kier molecular flexibility index (Phi) is 4.99. The maximum absolute atomic E-state index is 12.9. The third-order valence-corrected chi connectivity index (χ3v) is 5.49. The fraction of sp³-hybridized carbons (Fsp3) is 0.304. The van der Waals surface area contributed by atoms with Gasteiger partial charge in [0.1, 0.15) is 36.6 Å². The molecule has 0 spiro atoms. The van der Waals surface area contributed by atoms with Crippen molar-refractivity contribution in [3.05, 3.63) is 64.5 Å². The van der Waals surface area contributed by atoms with Gasteiger partial charge < -0.3 is 28.6 Å². The first-order valence-electron chi connectivity index (χ1n) is 10.2. The number of piperidine rings is 1. The minimum Gasteiger partial charge on any atom is -0.486 e. The third-order valence-electron chi connectivity index (χ3n) is 5.49. The Morgan fingerprint density at radius 1 is 1.10 bits per heavy atom. The summed E-state index contributed by atoms with van der Waals surface area (Å²) in [6, 6.07) is 13.9. The number of fused-ring (bicyclic) bond motifs is 2. The summed E-state index contributed by atoms with van der Waals surface area (Å²) in [7, 11) is 0. The van der Waals surface area contributed by atoms with Crippen LogP contribution in [-0.2, 0) is 0 Å². The van der Waals surface area contributed by atoms with Gasteiger partial charge in [-0.05, 0) is 24.3 Å².